The first-order valence-electron chi connectivity index (χ1n) is 7.52. The molecule has 0 aliphatic carbocycles. The van der Waals surface area contributed by atoms with Crippen LogP contribution in [0, 0.1) is 6.92 Å². The fourth-order valence-electron chi connectivity index (χ4n) is 2.20. The average Bonchev–Trinajstić information content (AvgIpc) is 2.96. The lowest BCUT2D eigenvalue weighted by atomic mass is 10.1. The van der Waals surface area contributed by atoms with Crippen LogP contribution in [0.25, 0.3) is 10.2 Å². The number of aryl methyl sites for hydroxylation is 1. The van der Waals surface area contributed by atoms with Gasteiger partial charge in [-0.3, -0.25) is 14.9 Å². The second kappa shape index (κ2) is 6.80. The molecule has 0 bridgehead atoms. The number of rotatable bonds is 5. The van der Waals surface area contributed by atoms with Crippen LogP contribution in [0.2, 0.25) is 0 Å². The number of aromatic nitrogens is 1. The number of hydrogen-bond acceptors (Lipinski definition) is 5. The molecule has 5 nitrogen and oxygen atoms in total. The van der Waals surface area contributed by atoms with E-state index in [2.05, 4.69) is 10.3 Å². The van der Waals surface area contributed by atoms with E-state index in [0.29, 0.717) is 17.3 Å². The Morgan fingerprint density at radius 3 is 2.62 bits per heavy atom. The van der Waals surface area contributed by atoms with E-state index < -0.39 is 11.7 Å². The van der Waals surface area contributed by atoms with Crippen LogP contribution in [0.1, 0.15) is 22.8 Å². The smallest absolute Gasteiger partial charge is 0.298 e. The molecule has 0 saturated carbocycles. The fourth-order valence-corrected chi connectivity index (χ4v) is 3.09. The lowest BCUT2D eigenvalue weighted by molar-refractivity contribution is -0.112. The summed E-state index contributed by atoms with van der Waals surface area (Å²) >= 11 is 1.31. The van der Waals surface area contributed by atoms with E-state index >= 15 is 0 Å². The summed E-state index contributed by atoms with van der Waals surface area (Å²) in [4.78, 5) is 28.6. The maximum Gasteiger partial charge on any atom is 0.298 e. The first-order chi connectivity index (χ1) is 11.6. The molecule has 1 amide bonds. The Morgan fingerprint density at radius 2 is 1.92 bits per heavy atom. The first-order valence-corrected chi connectivity index (χ1v) is 8.34. The molecular formula is C18H16N2O3S. The molecule has 24 heavy (non-hydrogen) atoms. The number of nitrogens with one attached hydrogen (secondary N) is 1. The second-order valence-corrected chi connectivity index (χ2v) is 6.26. The summed E-state index contributed by atoms with van der Waals surface area (Å²) in [5.41, 5.74) is 2.14. The Balaban J connectivity index is 1.77. The van der Waals surface area contributed by atoms with Gasteiger partial charge in [-0.2, -0.15) is 0 Å². The molecule has 1 heterocycles. The Labute approximate surface area is 143 Å². The number of amides is 1. The standard InChI is InChI=1S/C18H16N2O3S/c1-3-23-13-8-9-14-15(10-13)24-18(19-14)20-17(22)16(21)12-6-4-11(2)5-7-12/h4-10H,3H2,1-2H3,(H,19,20,22). The summed E-state index contributed by atoms with van der Waals surface area (Å²) in [6.07, 6.45) is 0. The third kappa shape index (κ3) is 3.44. The van der Waals surface area contributed by atoms with Gasteiger partial charge >= 0.3 is 0 Å². The van der Waals surface area contributed by atoms with E-state index in [1.807, 2.05) is 32.0 Å². The Morgan fingerprint density at radius 1 is 1.17 bits per heavy atom. The van der Waals surface area contributed by atoms with Crippen molar-refractivity contribution in [3.63, 3.8) is 0 Å². The molecule has 0 aliphatic rings. The molecule has 6 heteroatoms. The van der Waals surface area contributed by atoms with Gasteiger partial charge in [0.25, 0.3) is 11.7 Å². The molecule has 0 unspecified atom stereocenters. The monoisotopic (exact) mass is 340 g/mol. The van der Waals surface area contributed by atoms with Crippen LogP contribution in [0.5, 0.6) is 5.75 Å². The molecule has 1 aromatic heterocycles. The van der Waals surface area contributed by atoms with Crippen molar-refractivity contribution in [1.82, 2.24) is 4.98 Å². The molecule has 3 aromatic rings. The molecule has 3 rings (SSSR count). The summed E-state index contributed by atoms with van der Waals surface area (Å²) in [7, 11) is 0. The molecule has 0 atom stereocenters. The van der Waals surface area contributed by atoms with Crippen LogP contribution in [-0.2, 0) is 4.79 Å². The van der Waals surface area contributed by atoms with E-state index in [-0.39, 0.29) is 0 Å². The van der Waals surface area contributed by atoms with Crippen molar-refractivity contribution < 1.29 is 14.3 Å². The van der Waals surface area contributed by atoms with Crippen LogP contribution in [0.15, 0.2) is 42.5 Å². The molecule has 1 N–H and O–H groups in total. The van der Waals surface area contributed by atoms with E-state index in [9.17, 15) is 9.59 Å². The lowest BCUT2D eigenvalue weighted by Gasteiger charge is -2.01. The van der Waals surface area contributed by atoms with Gasteiger partial charge in [0.2, 0.25) is 0 Å². The number of hydrogen-bond donors (Lipinski definition) is 1. The minimum Gasteiger partial charge on any atom is -0.494 e. The highest BCUT2D eigenvalue weighted by Gasteiger charge is 2.18. The van der Waals surface area contributed by atoms with Gasteiger partial charge in [-0.15, -0.1) is 0 Å². The number of carbonyl (C=O) groups excluding carboxylic acids is 2. The van der Waals surface area contributed by atoms with Gasteiger partial charge in [0.15, 0.2) is 5.13 Å². The second-order valence-electron chi connectivity index (χ2n) is 5.23. The summed E-state index contributed by atoms with van der Waals surface area (Å²) < 4.78 is 6.34. The third-order valence-corrected chi connectivity index (χ3v) is 4.34. The van der Waals surface area contributed by atoms with Crippen molar-refractivity contribution in [2.24, 2.45) is 0 Å². The number of carbonyl (C=O) groups is 2. The Kier molecular flexibility index (Phi) is 4.57. The number of fused-ring (bicyclic) bond motifs is 1. The molecule has 0 spiro atoms. The Hall–Kier alpha value is -2.73. The summed E-state index contributed by atoms with van der Waals surface area (Å²) in [5, 5.41) is 2.97. The zero-order valence-electron chi connectivity index (χ0n) is 13.3. The minimum atomic E-state index is -0.692. The first kappa shape index (κ1) is 16.1. The quantitative estimate of drug-likeness (QED) is 0.566. The number of nitrogens with zero attached hydrogens (tertiary/aromatic N) is 1. The number of thiazole rings is 1. The highest BCUT2D eigenvalue weighted by Crippen LogP contribution is 2.29. The van der Waals surface area contributed by atoms with Gasteiger partial charge in [0.1, 0.15) is 5.75 Å². The van der Waals surface area contributed by atoms with Gasteiger partial charge in [0.05, 0.1) is 16.8 Å². The number of ketones is 1. The van der Waals surface area contributed by atoms with Crippen LogP contribution in [-0.4, -0.2) is 23.3 Å². The maximum absolute atomic E-state index is 12.2. The summed E-state index contributed by atoms with van der Waals surface area (Å²) in [5.74, 6) is -0.519. The van der Waals surface area contributed by atoms with Crippen LogP contribution >= 0.6 is 11.3 Å². The summed E-state index contributed by atoms with van der Waals surface area (Å²) in [6, 6.07) is 12.4. The molecule has 0 saturated heterocycles. The van der Waals surface area contributed by atoms with Gasteiger partial charge in [-0.25, -0.2) is 4.98 Å². The molecule has 2 aromatic carbocycles. The van der Waals surface area contributed by atoms with E-state index in [0.717, 1.165) is 21.5 Å². The van der Waals surface area contributed by atoms with Crippen LogP contribution in [0.3, 0.4) is 0 Å². The fraction of sp³-hybridized carbons (Fsp3) is 0.167. The largest absolute Gasteiger partial charge is 0.494 e. The van der Waals surface area contributed by atoms with Crippen molar-refractivity contribution in [2.75, 3.05) is 11.9 Å². The molecule has 122 valence electrons. The van der Waals surface area contributed by atoms with Gasteiger partial charge in [-0.1, -0.05) is 41.2 Å². The van der Waals surface area contributed by atoms with Crippen molar-refractivity contribution in [1.29, 1.82) is 0 Å². The maximum atomic E-state index is 12.2. The topological polar surface area (TPSA) is 68.3 Å². The zero-order chi connectivity index (χ0) is 17.1. The average molecular weight is 340 g/mol. The van der Waals surface area contributed by atoms with E-state index in [1.165, 1.54) is 11.3 Å². The number of benzene rings is 2. The number of Topliss-reactive ketones (excluding diaryl/α,β-unsaturated/α-hetero) is 1. The van der Waals surface area contributed by atoms with E-state index in [4.69, 9.17) is 4.74 Å². The molecule has 0 aliphatic heterocycles. The van der Waals surface area contributed by atoms with Crippen molar-refractivity contribution >= 4 is 38.4 Å². The normalized spacial score (nSPS) is 10.6. The number of ether oxygens (including phenoxy) is 1. The van der Waals surface area contributed by atoms with Crippen molar-refractivity contribution in [3.05, 3.63) is 53.6 Å². The summed E-state index contributed by atoms with van der Waals surface area (Å²) in [6.45, 7) is 4.42. The number of anilines is 1. The van der Waals surface area contributed by atoms with Gasteiger partial charge in [-0.05, 0) is 32.0 Å². The SMILES string of the molecule is CCOc1ccc2nc(NC(=O)C(=O)c3ccc(C)cc3)sc2c1. The predicted molar refractivity (Wildman–Crippen MR) is 94.9 cm³/mol. The van der Waals surface area contributed by atoms with Gasteiger partial charge < -0.3 is 4.74 Å². The lowest BCUT2D eigenvalue weighted by Crippen LogP contribution is -2.22. The van der Waals surface area contributed by atoms with Crippen LogP contribution < -0.4 is 10.1 Å². The zero-order valence-corrected chi connectivity index (χ0v) is 14.1. The van der Waals surface area contributed by atoms with E-state index in [1.54, 1.807) is 24.3 Å². The molecule has 0 radical (unpaired) electrons. The predicted octanol–water partition coefficient (Wildman–Crippen LogP) is 3.82. The van der Waals surface area contributed by atoms with Crippen molar-refractivity contribution in [2.45, 2.75) is 13.8 Å². The third-order valence-electron chi connectivity index (χ3n) is 3.41. The molecule has 0 fully saturated rings. The molecular weight excluding hydrogens is 324 g/mol. The highest BCUT2D eigenvalue weighted by molar-refractivity contribution is 7.22. The Bertz CT molecular complexity index is 900. The highest BCUT2D eigenvalue weighted by atomic mass is 32.1. The van der Waals surface area contributed by atoms with Crippen LogP contribution in [0.4, 0.5) is 5.13 Å². The van der Waals surface area contributed by atoms with Gasteiger partial charge in [0, 0.05) is 5.56 Å². The minimum absolute atomic E-state index is 0.359. The van der Waals surface area contributed by atoms with Crippen molar-refractivity contribution in [3.8, 4) is 5.75 Å².